The first-order chi connectivity index (χ1) is 8.78. The van der Waals surface area contributed by atoms with Gasteiger partial charge in [0.15, 0.2) is 0 Å². The van der Waals surface area contributed by atoms with E-state index in [-0.39, 0.29) is 18.7 Å². The Balaban J connectivity index is 2.64. The first-order valence-electron chi connectivity index (χ1n) is 6.13. The van der Waals surface area contributed by atoms with Crippen LogP contribution in [0.2, 0.25) is 0 Å². The molecule has 5 nitrogen and oxygen atoms in total. The third-order valence-corrected chi connectivity index (χ3v) is 2.53. The molecule has 0 aromatic heterocycles. The van der Waals surface area contributed by atoms with Crippen molar-refractivity contribution in [2.24, 2.45) is 5.73 Å². The number of amides is 1. The van der Waals surface area contributed by atoms with Gasteiger partial charge in [-0.05, 0) is 19.4 Å². The predicted molar refractivity (Wildman–Crippen MR) is 72.6 cm³/mol. The summed E-state index contributed by atoms with van der Waals surface area (Å²) in [6.45, 7) is 3.44. The van der Waals surface area contributed by atoms with Gasteiger partial charge >= 0.3 is 5.97 Å². The van der Waals surface area contributed by atoms with Crippen LogP contribution in [0, 0.1) is 0 Å². The monoisotopic (exact) mass is 264 g/mol. The first kappa shape index (κ1) is 15.2. The third kappa shape index (κ3) is 6.01. The van der Waals surface area contributed by atoms with E-state index in [4.69, 9.17) is 10.8 Å². The molecule has 0 fully saturated rings. The molecule has 0 heterocycles. The van der Waals surface area contributed by atoms with Crippen LogP contribution in [0.1, 0.15) is 25.8 Å². The maximum absolute atomic E-state index is 11.7. The largest absolute Gasteiger partial charge is 0.480 e. The molecular formula is C14H20N2O3. The molecule has 0 spiro atoms. The number of carbonyl (C=O) groups excluding carboxylic acids is 1. The van der Waals surface area contributed by atoms with Crippen molar-refractivity contribution in [3.63, 3.8) is 0 Å². The molecule has 0 radical (unpaired) electrons. The number of hydrogen-bond donors (Lipinski definition) is 3. The summed E-state index contributed by atoms with van der Waals surface area (Å²) >= 11 is 0. The average Bonchev–Trinajstić information content (AvgIpc) is 2.26. The van der Waals surface area contributed by atoms with E-state index in [1.807, 2.05) is 30.3 Å². The lowest BCUT2D eigenvalue weighted by Crippen LogP contribution is -2.46. The van der Waals surface area contributed by atoms with Gasteiger partial charge in [-0.15, -0.1) is 0 Å². The predicted octanol–water partition coefficient (Wildman–Crippen LogP) is 0.926. The van der Waals surface area contributed by atoms with E-state index in [0.29, 0.717) is 0 Å². The van der Waals surface area contributed by atoms with Gasteiger partial charge in [0.25, 0.3) is 0 Å². The Bertz CT molecular complexity index is 438. The van der Waals surface area contributed by atoms with Gasteiger partial charge in [-0.1, -0.05) is 30.3 Å². The maximum atomic E-state index is 11.7. The Labute approximate surface area is 112 Å². The molecular weight excluding hydrogens is 244 g/mol. The SMILES string of the molecule is CC(C)(N)CC(=O)N[C@@H](Cc1ccccc1)C(=O)O. The van der Waals surface area contributed by atoms with Crippen LogP contribution in [0.3, 0.4) is 0 Å². The van der Waals surface area contributed by atoms with E-state index in [0.717, 1.165) is 5.56 Å². The minimum Gasteiger partial charge on any atom is -0.480 e. The molecule has 1 atom stereocenters. The Hall–Kier alpha value is -1.88. The molecule has 0 bridgehead atoms. The number of carboxylic acid groups (broad SMARTS) is 1. The highest BCUT2D eigenvalue weighted by Gasteiger charge is 2.23. The molecule has 19 heavy (non-hydrogen) atoms. The smallest absolute Gasteiger partial charge is 0.326 e. The second kappa shape index (κ2) is 6.33. The standard InChI is InChI=1S/C14H20N2O3/c1-14(2,15)9-12(17)16-11(13(18)19)8-10-6-4-3-5-7-10/h3-7,11H,8-9,15H2,1-2H3,(H,16,17)(H,18,19)/t11-/m0/s1. The summed E-state index contributed by atoms with van der Waals surface area (Å²) in [5.41, 5.74) is 5.94. The van der Waals surface area contributed by atoms with Gasteiger partial charge in [-0.25, -0.2) is 4.79 Å². The van der Waals surface area contributed by atoms with Crippen molar-refractivity contribution >= 4 is 11.9 Å². The lowest BCUT2D eigenvalue weighted by atomic mass is 10.0. The van der Waals surface area contributed by atoms with Crippen molar-refractivity contribution in [1.29, 1.82) is 0 Å². The fourth-order valence-corrected chi connectivity index (χ4v) is 1.71. The van der Waals surface area contributed by atoms with Crippen LogP contribution in [0.5, 0.6) is 0 Å². The van der Waals surface area contributed by atoms with Crippen LogP contribution in [-0.2, 0) is 16.0 Å². The molecule has 5 heteroatoms. The van der Waals surface area contributed by atoms with Gasteiger partial charge in [-0.2, -0.15) is 0 Å². The summed E-state index contributed by atoms with van der Waals surface area (Å²) in [5, 5.41) is 11.6. The van der Waals surface area contributed by atoms with E-state index < -0.39 is 17.6 Å². The highest BCUT2D eigenvalue weighted by Crippen LogP contribution is 2.06. The second-order valence-electron chi connectivity index (χ2n) is 5.31. The maximum Gasteiger partial charge on any atom is 0.326 e. The van der Waals surface area contributed by atoms with E-state index in [9.17, 15) is 9.59 Å². The molecule has 1 rings (SSSR count). The molecule has 0 unspecified atom stereocenters. The summed E-state index contributed by atoms with van der Waals surface area (Å²) < 4.78 is 0. The van der Waals surface area contributed by atoms with Gasteiger partial charge in [-0.3, -0.25) is 4.79 Å². The summed E-state index contributed by atoms with van der Waals surface area (Å²) in [4.78, 5) is 22.9. The lowest BCUT2D eigenvalue weighted by Gasteiger charge is -2.20. The van der Waals surface area contributed by atoms with Crippen LogP contribution >= 0.6 is 0 Å². The summed E-state index contributed by atoms with van der Waals surface area (Å²) in [5.74, 6) is -1.40. The Kier molecular flexibility index (Phi) is 5.06. The molecule has 0 aliphatic carbocycles. The Morgan fingerprint density at radius 2 is 1.89 bits per heavy atom. The second-order valence-corrected chi connectivity index (χ2v) is 5.31. The number of carbonyl (C=O) groups is 2. The Morgan fingerprint density at radius 1 is 1.32 bits per heavy atom. The zero-order valence-electron chi connectivity index (χ0n) is 11.2. The zero-order chi connectivity index (χ0) is 14.5. The minimum absolute atomic E-state index is 0.0889. The molecule has 1 aromatic carbocycles. The van der Waals surface area contributed by atoms with Crippen molar-refractivity contribution in [3.8, 4) is 0 Å². The number of nitrogens with one attached hydrogen (secondary N) is 1. The van der Waals surface area contributed by atoms with Gasteiger partial charge in [0.1, 0.15) is 6.04 Å². The fraction of sp³-hybridized carbons (Fsp3) is 0.429. The molecule has 0 aliphatic rings. The van der Waals surface area contributed by atoms with Gasteiger partial charge in [0.05, 0.1) is 0 Å². The number of benzene rings is 1. The van der Waals surface area contributed by atoms with Gasteiger partial charge < -0.3 is 16.2 Å². The van der Waals surface area contributed by atoms with Crippen molar-refractivity contribution < 1.29 is 14.7 Å². The summed E-state index contributed by atoms with van der Waals surface area (Å²) in [6, 6.07) is 8.24. The van der Waals surface area contributed by atoms with Crippen LogP contribution in [0.25, 0.3) is 0 Å². The molecule has 4 N–H and O–H groups in total. The van der Waals surface area contributed by atoms with Gasteiger partial charge in [0.2, 0.25) is 5.91 Å². The van der Waals surface area contributed by atoms with Crippen molar-refractivity contribution in [3.05, 3.63) is 35.9 Å². The molecule has 0 saturated carbocycles. The molecule has 104 valence electrons. The van der Waals surface area contributed by atoms with Crippen LogP contribution in [0.4, 0.5) is 0 Å². The van der Waals surface area contributed by atoms with Crippen LogP contribution in [0.15, 0.2) is 30.3 Å². The molecule has 1 amide bonds. The fourth-order valence-electron chi connectivity index (χ4n) is 1.71. The summed E-state index contributed by atoms with van der Waals surface area (Å²) in [7, 11) is 0. The van der Waals surface area contributed by atoms with Crippen LogP contribution in [-0.4, -0.2) is 28.6 Å². The lowest BCUT2D eigenvalue weighted by molar-refractivity contribution is -0.141. The highest BCUT2D eigenvalue weighted by atomic mass is 16.4. The molecule has 0 aliphatic heterocycles. The number of hydrogen-bond acceptors (Lipinski definition) is 3. The van der Waals surface area contributed by atoms with Crippen LogP contribution < -0.4 is 11.1 Å². The number of nitrogens with two attached hydrogens (primary N) is 1. The normalized spacial score (nSPS) is 12.8. The van der Waals surface area contributed by atoms with Crippen molar-refractivity contribution in [2.45, 2.75) is 38.3 Å². The van der Waals surface area contributed by atoms with E-state index in [1.165, 1.54) is 0 Å². The number of carboxylic acids is 1. The first-order valence-corrected chi connectivity index (χ1v) is 6.13. The van der Waals surface area contributed by atoms with E-state index >= 15 is 0 Å². The topological polar surface area (TPSA) is 92.4 Å². The average molecular weight is 264 g/mol. The van der Waals surface area contributed by atoms with E-state index in [1.54, 1.807) is 13.8 Å². The zero-order valence-corrected chi connectivity index (χ0v) is 11.2. The summed E-state index contributed by atoms with van der Waals surface area (Å²) in [6.07, 6.45) is 0.346. The van der Waals surface area contributed by atoms with Crippen molar-refractivity contribution in [1.82, 2.24) is 5.32 Å². The number of aliphatic carboxylic acids is 1. The van der Waals surface area contributed by atoms with Gasteiger partial charge in [0, 0.05) is 18.4 Å². The van der Waals surface area contributed by atoms with E-state index in [2.05, 4.69) is 5.32 Å². The third-order valence-electron chi connectivity index (χ3n) is 2.53. The number of rotatable bonds is 6. The minimum atomic E-state index is -1.05. The Morgan fingerprint density at radius 3 is 2.37 bits per heavy atom. The molecule has 0 saturated heterocycles. The van der Waals surface area contributed by atoms with Crippen molar-refractivity contribution in [2.75, 3.05) is 0 Å². The quantitative estimate of drug-likeness (QED) is 0.712. The highest BCUT2D eigenvalue weighted by molar-refractivity contribution is 5.84. The molecule has 1 aromatic rings.